The van der Waals surface area contributed by atoms with Crippen LogP contribution in [0.25, 0.3) is 0 Å². The summed E-state index contributed by atoms with van der Waals surface area (Å²) in [6, 6.07) is 6.45. The molecule has 1 nitrogen and oxygen atoms in total. The van der Waals surface area contributed by atoms with Crippen molar-refractivity contribution in [3.05, 3.63) is 34.6 Å². The maximum absolute atomic E-state index is 13.2. The van der Waals surface area contributed by atoms with Crippen LogP contribution in [0.3, 0.4) is 0 Å². The van der Waals surface area contributed by atoms with Crippen molar-refractivity contribution in [3.63, 3.8) is 0 Å². The lowest BCUT2D eigenvalue weighted by Gasteiger charge is -2.07. The quantitative estimate of drug-likeness (QED) is 0.732. The van der Waals surface area contributed by atoms with Crippen LogP contribution in [0.2, 0.25) is 5.02 Å². The lowest BCUT2D eigenvalue weighted by atomic mass is 10.0. The van der Waals surface area contributed by atoms with Crippen molar-refractivity contribution in [2.75, 3.05) is 5.88 Å². The molecule has 4 heteroatoms. The molecule has 0 saturated heterocycles. The Morgan fingerprint density at radius 1 is 1.50 bits per heavy atom. The van der Waals surface area contributed by atoms with Crippen LogP contribution in [0.5, 0.6) is 0 Å². The van der Waals surface area contributed by atoms with Gasteiger partial charge in [0.1, 0.15) is 5.82 Å². The zero-order valence-electron chi connectivity index (χ0n) is 7.30. The summed E-state index contributed by atoms with van der Waals surface area (Å²) in [7, 11) is 0. The van der Waals surface area contributed by atoms with Gasteiger partial charge in [-0.05, 0) is 18.6 Å². The Labute approximate surface area is 92.1 Å². The fourth-order valence-electron chi connectivity index (χ4n) is 1.11. The number of alkyl halides is 1. The first-order valence-corrected chi connectivity index (χ1v) is 4.98. The molecule has 0 radical (unpaired) electrons. The predicted molar refractivity (Wildman–Crippen MR) is 54.9 cm³/mol. The normalized spacial score (nSPS) is 12.1. The summed E-state index contributed by atoms with van der Waals surface area (Å²) in [6.07, 6.45) is 0.255. The molecule has 1 aromatic carbocycles. The second-order valence-corrected chi connectivity index (χ2v) is 3.60. The van der Waals surface area contributed by atoms with Crippen molar-refractivity contribution in [2.24, 2.45) is 5.92 Å². The highest BCUT2D eigenvalue weighted by atomic mass is 35.5. The molecule has 0 aromatic heterocycles. The van der Waals surface area contributed by atoms with E-state index in [4.69, 9.17) is 28.5 Å². The average molecular weight is 232 g/mol. The van der Waals surface area contributed by atoms with Gasteiger partial charge in [0.05, 0.1) is 12.0 Å². The smallest absolute Gasteiger partial charge is 0.127 e. The number of benzene rings is 1. The molecule has 0 N–H and O–H groups in total. The summed E-state index contributed by atoms with van der Waals surface area (Å²) in [5.74, 6) is -0.602. The van der Waals surface area contributed by atoms with E-state index in [9.17, 15) is 4.39 Å². The maximum Gasteiger partial charge on any atom is 0.127 e. The van der Waals surface area contributed by atoms with Gasteiger partial charge in [-0.2, -0.15) is 5.26 Å². The minimum atomic E-state index is -0.397. The Morgan fingerprint density at radius 2 is 2.21 bits per heavy atom. The molecular weight excluding hydrogens is 224 g/mol. The van der Waals surface area contributed by atoms with Crippen LogP contribution in [-0.2, 0) is 6.42 Å². The molecule has 0 bridgehead atoms. The second kappa shape index (κ2) is 5.19. The first-order valence-electron chi connectivity index (χ1n) is 4.07. The van der Waals surface area contributed by atoms with E-state index in [1.807, 2.05) is 6.07 Å². The summed E-state index contributed by atoms with van der Waals surface area (Å²) in [5, 5.41) is 9.01. The van der Waals surface area contributed by atoms with Crippen molar-refractivity contribution in [1.29, 1.82) is 5.26 Å². The summed E-state index contributed by atoms with van der Waals surface area (Å²) in [4.78, 5) is 0. The molecule has 1 unspecified atom stereocenters. The molecule has 0 aliphatic heterocycles. The van der Waals surface area contributed by atoms with Crippen LogP contribution < -0.4 is 0 Å². The first kappa shape index (κ1) is 11.3. The van der Waals surface area contributed by atoms with Gasteiger partial charge in [-0.25, -0.2) is 4.39 Å². The third-order valence-corrected chi connectivity index (χ3v) is 2.61. The number of nitrogens with zero attached hydrogens (tertiary/aromatic N) is 1. The Morgan fingerprint density at radius 3 is 2.71 bits per heavy atom. The molecule has 0 fully saturated rings. The van der Waals surface area contributed by atoms with Crippen LogP contribution in [0.4, 0.5) is 4.39 Å². The SMILES string of the molecule is N#CC(CCl)Cc1c(F)cccc1Cl. The molecule has 74 valence electrons. The van der Waals surface area contributed by atoms with Gasteiger partial charge in [0.2, 0.25) is 0 Å². The summed E-state index contributed by atoms with van der Waals surface area (Å²) >= 11 is 11.3. The highest BCUT2D eigenvalue weighted by molar-refractivity contribution is 6.31. The number of nitriles is 1. The Kier molecular flexibility index (Phi) is 4.19. The number of rotatable bonds is 3. The van der Waals surface area contributed by atoms with Crippen molar-refractivity contribution in [3.8, 4) is 6.07 Å². The Balaban J connectivity index is 2.91. The van der Waals surface area contributed by atoms with E-state index in [-0.39, 0.29) is 18.1 Å². The minimum absolute atomic E-state index is 0.182. The van der Waals surface area contributed by atoms with Gasteiger partial charge in [-0.15, -0.1) is 11.6 Å². The topological polar surface area (TPSA) is 23.8 Å². The molecule has 14 heavy (non-hydrogen) atoms. The lowest BCUT2D eigenvalue weighted by Crippen LogP contribution is -2.05. The Hall–Kier alpha value is -0.780. The second-order valence-electron chi connectivity index (χ2n) is 2.88. The van der Waals surface area contributed by atoms with Gasteiger partial charge in [0, 0.05) is 16.5 Å². The van der Waals surface area contributed by atoms with E-state index < -0.39 is 5.92 Å². The van der Waals surface area contributed by atoms with Crippen LogP contribution >= 0.6 is 23.2 Å². The largest absolute Gasteiger partial charge is 0.207 e. The van der Waals surface area contributed by atoms with Crippen molar-refractivity contribution in [2.45, 2.75) is 6.42 Å². The van der Waals surface area contributed by atoms with Gasteiger partial charge in [-0.3, -0.25) is 0 Å². The number of hydrogen-bond donors (Lipinski definition) is 0. The molecule has 0 heterocycles. The minimum Gasteiger partial charge on any atom is -0.207 e. The fourth-order valence-corrected chi connectivity index (χ4v) is 1.53. The number of halogens is 3. The van der Waals surface area contributed by atoms with Crippen molar-refractivity contribution in [1.82, 2.24) is 0 Å². The first-order chi connectivity index (χ1) is 6.69. The molecular formula is C10H8Cl2FN. The van der Waals surface area contributed by atoms with E-state index in [0.29, 0.717) is 10.6 Å². The monoisotopic (exact) mass is 231 g/mol. The van der Waals surface area contributed by atoms with Crippen LogP contribution in [-0.4, -0.2) is 5.88 Å². The van der Waals surface area contributed by atoms with Gasteiger partial charge < -0.3 is 0 Å². The summed E-state index contributed by atoms with van der Waals surface area (Å²) in [6.45, 7) is 0. The maximum atomic E-state index is 13.2. The predicted octanol–water partition coefficient (Wildman–Crippen LogP) is 3.40. The van der Waals surface area contributed by atoms with Crippen LogP contribution in [0.15, 0.2) is 18.2 Å². The molecule has 1 rings (SSSR count). The van der Waals surface area contributed by atoms with Crippen LogP contribution in [0, 0.1) is 23.1 Å². The highest BCUT2D eigenvalue weighted by Gasteiger charge is 2.13. The van der Waals surface area contributed by atoms with E-state index in [1.54, 1.807) is 6.07 Å². The lowest BCUT2D eigenvalue weighted by molar-refractivity contribution is 0.595. The summed E-state index contributed by atoms with van der Waals surface area (Å²) < 4.78 is 13.2. The average Bonchev–Trinajstić information content (AvgIpc) is 2.18. The molecule has 0 spiro atoms. The zero-order chi connectivity index (χ0) is 10.6. The molecule has 0 saturated carbocycles. The molecule has 1 aromatic rings. The van der Waals surface area contributed by atoms with E-state index in [2.05, 4.69) is 0 Å². The van der Waals surface area contributed by atoms with Gasteiger partial charge >= 0.3 is 0 Å². The zero-order valence-corrected chi connectivity index (χ0v) is 8.82. The standard InChI is InChI=1S/C10H8Cl2FN/c11-5-7(6-14)4-8-9(12)2-1-3-10(8)13/h1-3,7H,4-5H2. The van der Waals surface area contributed by atoms with E-state index in [1.165, 1.54) is 12.1 Å². The van der Waals surface area contributed by atoms with Crippen molar-refractivity contribution >= 4 is 23.2 Å². The third kappa shape index (κ3) is 2.60. The molecule has 1 atom stereocenters. The third-order valence-electron chi connectivity index (χ3n) is 1.88. The van der Waals surface area contributed by atoms with E-state index >= 15 is 0 Å². The fraction of sp³-hybridized carbons (Fsp3) is 0.300. The van der Waals surface area contributed by atoms with Gasteiger partial charge in [0.25, 0.3) is 0 Å². The van der Waals surface area contributed by atoms with Gasteiger partial charge in [0.15, 0.2) is 0 Å². The van der Waals surface area contributed by atoms with Crippen molar-refractivity contribution < 1.29 is 4.39 Å². The summed E-state index contributed by atoms with van der Waals surface area (Å²) in [5.41, 5.74) is 0.362. The highest BCUT2D eigenvalue weighted by Crippen LogP contribution is 2.22. The Bertz CT molecular complexity index is 339. The number of hydrogen-bond acceptors (Lipinski definition) is 1. The molecule has 0 amide bonds. The van der Waals surface area contributed by atoms with Crippen LogP contribution in [0.1, 0.15) is 5.56 Å². The molecule has 0 aliphatic rings. The molecule has 0 aliphatic carbocycles. The van der Waals surface area contributed by atoms with Gasteiger partial charge in [-0.1, -0.05) is 17.7 Å². The van der Waals surface area contributed by atoms with E-state index in [0.717, 1.165) is 0 Å².